The van der Waals surface area contributed by atoms with E-state index in [2.05, 4.69) is 15.6 Å². The van der Waals surface area contributed by atoms with Crippen molar-refractivity contribution in [3.05, 3.63) is 41.6 Å². The summed E-state index contributed by atoms with van der Waals surface area (Å²) >= 11 is 0. The highest BCUT2D eigenvalue weighted by atomic mass is 16.4. The molecule has 0 fully saturated rings. The van der Waals surface area contributed by atoms with E-state index in [1.165, 1.54) is 0 Å². The number of hydrogen-bond donors (Lipinski definition) is 3. The van der Waals surface area contributed by atoms with Crippen LogP contribution in [0.3, 0.4) is 0 Å². The molecule has 3 N–H and O–H groups in total. The van der Waals surface area contributed by atoms with Gasteiger partial charge in [0.15, 0.2) is 0 Å². The lowest BCUT2D eigenvalue weighted by molar-refractivity contribution is -0.142. The number of aryl methyl sites for hydroxylation is 1. The third-order valence-electron chi connectivity index (χ3n) is 3.85. The van der Waals surface area contributed by atoms with Gasteiger partial charge in [-0.25, -0.2) is 4.79 Å². The first-order chi connectivity index (χ1) is 12.3. The molecular weight excluding hydrogens is 334 g/mol. The third-order valence-corrected chi connectivity index (χ3v) is 3.85. The fraction of sp³-hybridized carbons (Fsp3) is 0.368. The number of fused-ring (bicyclic) bond motifs is 1. The second-order valence-electron chi connectivity index (χ2n) is 6.60. The smallest absolute Gasteiger partial charge is 0.326 e. The number of para-hydroxylation sites is 1. The standard InChI is InChI=1S/C19H23N3O4/c1-11(2)9-15(19(25)26)22-16(23)10-20-18(24)14-6-4-5-13-8-7-12(3)21-17(13)14/h4-8,11,15H,9-10H2,1-3H3,(H,20,24)(H,22,23)(H,25,26)/t15-/m0/s1. The summed E-state index contributed by atoms with van der Waals surface area (Å²) < 4.78 is 0. The molecule has 1 heterocycles. The molecule has 0 saturated heterocycles. The largest absolute Gasteiger partial charge is 0.480 e. The van der Waals surface area contributed by atoms with Gasteiger partial charge < -0.3 is 15.7 Å². The van der Waals surface area contributed by atoms with Crippen LogP contribution >= 0.6 is 0 Å². The number of carboxylic acids is 1. The molecule has 0 aliphatic carbocycles. The van der Waals surface area contributed by atoms with Crippen molar-refractivity contribution in [3.8, 4) is 0 Å². The Labute approximate surface area is 151 Å². The summed E-state index contributed by atoms with van der Waals surface area (Å²) in [6, 6.07) is 8.01. The number of rotatable bonds is 7. The number of pyridine rings is 1. The van der Waals surface area contributed by atoms with Gasteiger partial charge in [-0.1, -0.05) is 32.0 Å². The molecule has 7 nitrogen and oxygen atoms in total. The van der Waals surface area contributed by atoms with Crippen LogP contribution < -0.4 is 10.6 Å². The molecule has 1 atom stereocenters. The number of nitrogens with zero attached hydrogens (tertiary/aromatic N) is 1. The van der Waals surface area contributed by atoms with Crippen molar-refractivity contribution in [2.75, 3.05) is 6.54 Å². The van der Waals surface area contributed by atoms with Gasteiger partial charge in [0.05, 0.1) is 17.6 Å². The van der Waals surface area contributed by atoms with Gasteiger partial charge in [-0.2, -0.15) is 0 Å². The lowest BCUT2D eigenvalue weighted by Crippen LogP contribution is -2.46. The quantitative estimate of drug-likeness (QED) is 0.701. The molecule has 2 aromatic rings. The second kappa shape index (κ2) is 8.42. The third kappa shape index (κ3) is 5.02. The van der Waals surface area contributed by atoms with Crippen molar-refractivity contribution in [1.29, 1.82) is 0 Å². The molecule has 1 aromatic heterocycles. The Balaban J connectivity index is 2.03. The van der Waals surface area contributed by atoms with Crippen molar-refractivity contribution >= 4 is 28.7 Å². The summed E-state index contributed by atoms with van der Waals surface area (Å²) in [6.07, 6.45) is 0.321. The van der Waals surface area contributed by atoms with Crippen molar-refractivity contribution in [3.63, 3.8) is 0 Å². The number of carbonyl (C=O) groups excluding carboxylic acids is 2. The van der Waals surface area contributed by atoms with E-state index in [1.54, 1.807) is 12.1 Å². The maximum Gasteiger partial charge on any atom is 0.326 e. The molecule has 2 amide bonds. The zero-order chi connectivity index (χ0) is 19.3. The summed E-state index contributed by atoms with van der Waals surface area (Å²) in [4.78, 5) is 40.0. The number of nitrogens with one attached hydrogen (secondary N) is 2. The van der Waals surface area contributed by atoms with Crippen LogP contribution in [0.25, 0.3) is 10.9 Å². The van der Waals surface area contributed by atoms with E-state index < -0.39 is 23.8 Å². The monoisotopic (exact) mass is 357 g/mol. The first-order valence-corrected chi connectivity index (χ1v) is 8.44. The summed E-state index contributed by atoms with van der Waals surface area (Å²) in [7, 11) is 0. The topological polar surface area (TPSA) is 108 Å². The Morgan fingerprint density at radius 2 is 1.88 bits per heavy atom. The van der Waals surface area contributed by atoms with E-state index in [1.807, 2.05) is 39.0 Å². The average molecular weight is 357 g/mol. The second-order valence-corrected chi connectivity index (χ2v) is 6.60. The van der Waals surface area contributed by atoms with Crippen LogP contribution in [0.2, 0.25) is 0 Å². The van der Waals surface area contributed by atoms with E-state index in [4.69, 9.17) is 5.11 Å². The van der Waals surface area contributed by atoms with Crippen LogP contribution in [0, 0.1) is 12.8 Å². The van der Waals surface area contributed by atoms with Crippen LogP contribution in [0.5, 0.6) is 0 Å². The summed E-state index contributed by atoms with van der Waals surface area (Å²) in [5, 5.41) is 14.9. The molecule has 138 valence electrons. The zero-order valence-corrected chi connectivity index (χ0v) is 15.1. The van der Waals surface area contributed by atoms with Crippen molar-refractivity contribution in [2.45, 2.75) is 33.2 Å². The Bertz CT molecular complexity index is 833. The lowest BCUT2D eigenvalue weighted by atomic mass is 10.0. The van der Waals surface area contributed by atoms with Crippen LogP contribution in [-0.2, 0) is 9.59 Å². The predicted molar refractivity (Wildman–Crippen MR) is 97.8 cm³/mol. The summed E-state index contributed by atoms with van der Waals surface area (Å²) in [6.45, 7) is 5.28. The van der Waals surface area contributed by atoms with E-state index in [-0.39, 0.29) is 12.5 Å². The first-order valence-electron chi connectivity index (χ1n) is 8.44. The molecule has 0 spiro atoms. The number of carboxylic acid groups (broad SMARTS) is 1. The van der Waals surface area contributed by atoms with Crippen molar-refractivity contribution < 1.29 is 19.5 Å². The number of aliphatic carboxylic acids is 1. The molecule has 0 bridgehead atoms. The zero-order valence-electron chi connectivity index (χ0n) is 15.1. The van der Waals surface area contributed by atoms with Gasteiger partial charge in [-0.3, -0.25) is 14.6 Å². The van der Waals surface area contributed by atoms with Gasteiger partial charge in [0.25, 0.3) is 5.91 Å². The minimum Gasteiger partial charge on any atom is -0.480 e. The van der Waals surface area contributed by atoms with Crippen molar-refractivity contribution in [1.82, 2.24) is 15.6 Å². The number of benzene rings is 1. The van der Waals surface area contributed by atoms with Crippen LogP contribution in [0.15, 0.2) is 30.3 Å². The molecule has 0 aliphatic heterocycles. The Hall–Kier alpha value is -2.96. The molecule has 0 aliphatic rings. The van der Waals surface area contributed by atoms with E-state index in [0.717, 1.165) is 11.1 Å². The van der Waals surface area contributed by atoms with Gasteiger partial charge in [0.2, 0.25) is 5.91 Å². The molecule has 1 aromatic carbocycles. The lowest BCUT2D eigenvalue weighted by Gasteiger charge is -2.16. The number of carbonyl (C=O) groups is 3. The molecule has 2 rings (SSSR count). The van der Waals surface area contributed by atoms with Crippen molar-refractivity contribution in [2.24, 2.45) is 5.92 Å². The van der Waals surface area contributed by atoms with E-state index in [0.29, 0.717) is 17.5 Å². The number of amides is 2. The fourth-order valence-corrected chi connectivity index (χ4v) is 2.62. The highest BCUT2D eigenvalue weighted by Gasteiger charge is 2.21. The Morgan fingerprint density at radius 1 is 1.15 bits per heavy atom. The maximum absolute atomic E-state index is 12.4. The highest BCUT2D eigenvalue weighted by molar-refractivity contribution is 6.06. The molecule has 0 saturated carbocycles. The van der Waals surface area contributed by atoms with E-state index >= 15 is 0 Å². The van der Waals surface area contributed by atoms with E-state index in [9.17, 15) is 14.4 Å². The van der Waals surface area contributed by atoms with Gasteiger partial charge in [0, 0.05) is 11.1 Å². The molecule has 7 heteroatoms. The predicted octanol–water partition coefficient (Wildman–Crippen LogP) is 1.89. The summed E-state index contributed by atoms with van der Waals surface area (Å²) in [5.74, 6) is -1.95. The fourth-order valence-electron chi connectivity index (χ4n) is 2.62. The molecule has 0 unspecified atom stereocenters. The van der Waals surface area contributed by atoms with Crippen LogP contribution in [-0.4, -0.2) is 40.5 Å². The number of hydrogen-bond acceptors (Lipinski definition) is 4. The molecule has 26 heavy (non-hydrogen) atoms. The minimum absolute atomic E-state index is 0.121. The van der Waals surface area contributed by atoms with Gasteiger partial charge in [0.1, 0.15) is 6.04 Å². The summed E-state index contributed by atoms with van der Waals surface area (Å²) in [5.41, 5.74) is 1.72. The molecular formula is C19H23N3O4. The highest BCUT2D eigenvalue weighted by Crippen LogP contribution is 2.17. The van der Waals surface area contributed by atoms with Gasteiger partial charge in [-0.05, 0) is 31.4 Å². The van der Waals surface area contributed by atoms with Gasteiger partial charge >= 0.3 is 5.97 Å². The normalized spacial score (nSPS) is 12.0. The Kier molecular flexibility index (Phi) is 6.27. The number of aromatic nitrogens is 1. The molecule has 0 radical (unpaired) electrons. The Morgan fingerprint density at radius 3 is 2.54 bits per heavy atom. The minimum atomic E-state index is -1.09. The van der Waals surface area contributed by atoms with Crippen LogP contribution in [0.4, 0.5) is 0 Å². The average Bonchev–Trinajstić information content (AvgIpc) is 2.58. The SMILES string of the molecule is Cc1ccc2cccc(C(=O)NCC(=O)N[C@@H](CC(C)C)C(=O)O)c2n1. The maximum atomic E-state index is 12.4. The first kappa shape index (κ1) is 19.4. The van der Waals surface area contributed by atoms with Gasteiger partial charge in [-0.15, -0.1) is 0 Å². The van der Waals surface area contributed by atoms with Crippen LogP contribution in [0.1, 0.15) is 36.3 Å².